The van der Waals surface area contributed by atoms with Crippen molar-refractivity contribution in [3.63, 3.8) is 0 Å². The van der Waals surface area contributed by atoms with Crippen molar-refractivity contribution in [2.45, 2.75) is 19.4 Å². The standard InChI is InChI=1S/C17H18N4O2/c1-2-13(21-14-6-4-3-5-12(14)19-20-21)16-11(18)7-8-15-17(16)23-10-9-22-15/h3-8,13H,2,9-10,18H2,1H3. The number of para-hydroxylation sites is 1. The van der Waals surface area contributed by atoms with Crippen LogP contribution in [0.15, 0.2) is 36.4 Å². The smallest absolute Gasteiger partial charge is 0.168 e. The van der Waals surface area contributed by atoms with Crippen LogP contribution in [0.3, 0.4) is 0 Å². The second-order valence-electron chi connectivity index (χ2n) is 5.54. The van der Waals surface area contributed by atoms with Gasteiger partial charge in [0.05, 0.1) is 11.6 Å². The normalized spacial score (nSPS) is 14.8. The van der Waals surface area contributed by atoms with Crippen molar-refractivity contribution in [3.8, 4) is 11.5 Å². The summed E-state index contributed by atoms with van der Waals surface area (Å²) >= 11 is 0. The lowest BCUT2D eigenvalue weighted by Gasteiger charge is -2.26. The molecule has 0 aliphatic carbocycles. The first-order chi connectivity index (χ1) is 11.3. The van der Waals surface area contributed by atoms with E-state index in [2.05, 4.69) is 17.2 Å². The SMILES string of the molecule is CCC(c1c(N)ccc2c1OCCO2)n1nnc2ccccc21. The summed E-state index contributed by atoms with van der Waals surface area (Å²) in [5.41, 5.74) is 9.72. The fourth-order valence-electron chi connectivity index (χ4n) is 3.11. The van der Waals surface area contributed by atoms with E-state index in [-0.39, 0.29) is 6.04 Å². The fourth-order valence-corrected chi connectivity index (χ4v) is 3.11. The second-order valence-corrected chi connectivity index (χ2v) is 5.54. The lowest BCUT2D eigenvalue weighted by Crippen LogP contribution is -2.20. The summed E-state index contributed by atoms with van der Waals surface area (Å²) in [7, 11) is 0. The Morgan fingerprint density at radius 1 is 1.17 bits per heavy atom. The van der Waals surface area contributed by atoms with Gasteiger partial charge in [0.15, 0.2) is 11.5 Å². The van der Waals surface area contributed by atoms with E-state index < -0.39 is 0 Å². The summed E-state index contributed by atoms with van der Waals surface area (Å²) in [6.45, 7) is 3.18. The van der Waals surface area contributed by atoms with E-state index >= 15 is 0 Å². The van der Waals surface area contributed by atoms with Gasteiger partial charge in [-0.15, -0.1) is 5.10 Å². The molecule has 0 saturated carbocycles. The molecule has 6 nitrogen and oxygen atoms in total. The van der Waals surface area contributed by atoms with E-state index in [9.17, 15) is 0 Å². The predicted molar refractivity (Wildman–Crippen MR) is 87.8 cm³/mol. The first kappa shape index (κ1) is 13.9. The highest BCUT2D eigenvalue weighted by atomic mass is 16.6. The van der Waals surface area contributed by atoms with Crippen molar-refractivity contribution < 1.29 is 9.47 Å². The van der Waals surface area contributed by atoms with E-state index in [1.807, 2.05) is 41.1 Å². The molecule has 1 aromatic heterocycles. The van der Waals surface area contributed by atoms with Gasteiger partial charge in [-0.2, -0.15) is 0 Å². The Kier molecular flexibility index (Phi) is 3.29. The number of nitrogens with zero attached hydrogens (tertiary/aromatic N) is 3. The monoisotopic (exact) mass is 310 g/mol. The number of hydrogen-bond acceptors (Lipinski definition) is 5. The largest absolute Gasteiger partial charge is 0.486 e. The van der Waals surface area contributed by atoms with Crippen LogP contribution in [0, 0.1) is 0 Å². The van der Waals surface area contributed by atoms with Gasteiger partial charge in [0.2, 0.25) is 0 Å². The Morgan fingerprint density at radius 3 is 2.87 bits per heavy atom. The van der Waals surface area contributed by atoms with Crippen LogP contribution in [0.1, 0.15) is 24.9 Å². The van der Waals surface area contributed by atoms with E-state index in [1.54, 1.807) is 0 Å². The van der Waals surface area contributed by atoms with Gasteiger partial charge in [-0.1, -0.05) is 24.3 Å². The number of hydrogen-bond donors (Lipinski definition) is 1. The van der Waals surface area contributed by atoms with Crippen molar-refractivity contribution in [2.24, 2.45) is 0 Å². The number of ether oxygens (including phenoxy) is 2. The molecule has 1 unspecified atom stereocenters. The molecule has 6 heteroatoms. The topological polar surface area (TPSA) is 75.2 Å². The third-order valence-corrected chi connectivity index (χ3v) is 4.17. The summed E-state index contributed by atoms with van der Waals surface area (Å²) in [6.07, 6.45) is 0.817. The number of nitrogens with two attached hydrogens (primary N) is 1. The molecule has 1 atom stereocenters. The molecule has 0 spiro atoms. The maximum Gasteiger partial charge on any atom is 0.168 e. The molecule has 1 aliphatic rings. The molecule has 3 aromatic rings. The third-order valence-electron chi connectivity index (χ3n) is 4.17. The van der Waals surface area contributed by atoms with Gasteiger partial charge in [0.25, 0.3) is 0 Å². The third kappa shape index (κ3) is 2.18. The minimum Gasteiger partial charge on any atom is -0.486 e. The molecular weight excluding hydrogens is 292 g/mol. The number of fused-ring (bicyclic) bond motifs is 2. The lowest BCUT2D eigenvalue weighted by atomic mass is 10.00. The molecule has 0 radical (unpaired) electrons. The highest BCUT2D eigenvalue weighted by Crippen LogP contribution is 2.43. The molecule has 0 bridgehead atoms. The van der Waals surface area contributed by atoms with Crippen LogP contribution in [-0.4, -0.2) is 28.2 Å². The molecule has 0 amide bonds. The Hall–Kier alpha value is -2.76. The highest BCUT2D eigenvalue weighted by molar-refractivity contribution is 5.74. The van der Waals surface area contributed by atoms with Crippen LogP contribution in [-0.2, 0) is 0 Å². The molecule has 23 heavy (non-hydrogen) atoms. The predicted octanol–water partition coefficient (Wildman–Crippen LogP) is 2.78. The first-order valence-corrected chi connectivity index (χ1v) is 7.77. The van der Waals surface area contributed by atoms with Gasteiger partial charge >= 0.3 is 0 Å². The zero-order valence-corrected chi connectivity index (χ0v) is 12.9. The molecule has 1 aliphatic heterocycles. The molecule has 2 N–H and O–H groups in total. The van der Waals surface area contributed by atoms with Gasteiger partial charge in [0, 0.05) is 11.3 Å². The summed E-state index contributed by atoms with van der Waals surface area (Å²) in [4.78, 5) is 0. The van der Waals surface area contributed by atoms with E-state index in [0.29, 0.717) is 18.9 Å². The minimum absolute atomic E-state index is 0.0564. The summed E-state index contributed by atoms with van der Waals surface area (Å²) in [6, 6.07) is 11.6. The van der Waals surface area contributed by atoms with Crippen LogP contribution in [0.2, 0.25) is 0 Å². The number of rotatable bonds is 3. The Labute approximate surface area is 133 Å². The zero-order valence-electron chi connectivity index (χ0n) is 12.9. The number of nitrogen functional groups attached to an aromatic ring is 1. The molecule has 118 valence electrons. The van der Waals surface area contributed by atoms with Gasteiger partial charge < -0.3 is 15.2 Å². The number of aromatic nitrogens is 3. The molecule has 4 rings (SSSR count). The number of anilines is 1. The van der Waals surface area contributed by atoms with Gasteiger partial charge in [0.1, 0.15) is 18.7 Å². The number of benzene rings is 2. The van der Waals surface area contributed by atoms with Crippen molar-refractivity contribution in [2.75, 3.05) is 18.9 Å². The quantitative estimate of drug-likeness (QED) is 0.753. The molecule has 2 aromatic carbocycles. The minimum atomic E-state index is -0.0564. The van der Waals surface area contributed by atoms with Crippen molar-refractivity contribution in [1.82, 2.24) is 15.0 Å². The van der Waals surface area contributed by atoms with Crippen molar-refractivity contribution in [1.29, 1.82) is 0 Å². The Bertz CT molecular complexity index is 859. The zero-order chi connectivity index (χ0) is 15.8. The first-order valence-electron chi connectivity index (χ1n) is 7.77. The van der Waals surface area contributed by atoms with Crippen LogP contribution in [0.25, 0.3) is 11.0 Å². The molecule has 0 saturated heterocycles. The second kappa shape index (κ2) is 5.46. The van der Waals surface area contributed by atoms with E-state index in [1.165, 1.54) is 0 Å². The highest BCUT2D eigenvalue weighted by Gasteiger charge is 2.26. The summed E-state index contributed by atoms with van der Waals surface area (Å²) in [5, 5.41) is 8.60. The lowest BCUT2D eigenvalue weighted by molar-refractivity contribution is 0.168. The Morgan fingerprint density at radius 2 is 2.00 bits per heavy atom. The van der Waals surface area contributed by atoms with Gasteiger partial charge in [-0.25, -0.2) is 4.68 Å². The maximum atomic E-state index is 6.27. The average Bonchev–Trinajstić information content (AvgIpc) is 3.02. The molecular formula is C17H18N4O2. The van der Waals surface area contributed by atoms with Crippen LogP contribution < -0.4 is 15.2 Å². The summed E-state index contributed by atoms with van der Waals surface area (Å²) < 4.78 is 13.5. The van der Waals surface area contributed by atoms with Crippen molar-refractivity contribution >= 4 is 16.7 Å². The van der Waals surface area contributed by atoms with Crippen LogP contribution in [0.4, 0.5) is 5.69 Å². The maximum absolute atomic E-state index is 6.27. The fraction of sp³-hybridized carbons (Fsp3) is 0.294. The summed E-state index contributed by atoms with van der Waals surface area (Å²) in [5.74, 6) is 1.46. The van der Waals surface area contributed by atoms with E-state index in [4.69, 9.17) is 15.2 Å². The van der Waals surface area contributed by atoms with Crippen molar-refractivity contribution in [3.05, 3.63) is 42.0 Å². The van der Waals surface area contributed by atoms with Gasteiger partial charge in [-0.05, 0) is 30.7 Å². The van der Waals surface area contributed by atoms with E-state index in [0.717, 1.165) is 34.5 Å². The van der Waals surface area contributed by atoms with Crippen LogP contribution in [0.5, 0.6) is 11.5 Å². The average molecular weight is 310 g/mol. The van der Waals surface area contributed by atoms with Gasteiger partial charge in [-0.3, -0.25) is 0 Å². The van der Waals surface area contributed by atoms with Crippen LogP contribution >= 0.6 is 0 Å². The molecule has 2 heterocycles. The Balaban J connectivity index is 1.91. The molecule has 0 fully saturated rings.